The van der Waals surface area contributed by atoms with Gasteiger partial charge in [0.1, 0.15) is 54.5 Å². The molecule has 1 aromatic rings. The quantitative estimate of drug-likeness (QED) is 0.0808. The average molecular weight is 2080 g/mol. The molecule has 13 aliphatic heterocycles. The van der Waals surface area contributed by atoms with Crippen LogP contribution in [0.1, 0.15) is 184 Å². The Hall–Kier alpha value is -4.43. The molecule has 1 N–H and O–H groups in total. The number of hydrogen-bond donors (Lipinski definition) is 1. The van der Waals surface area contributed by atoms with Crippen LogP contribution in [0.5, 0.6) is 0 Å². The Kier molecular flexibility index (Phi) is 68.0. The normalized spacial score (nSPS) is 24.6. The van der Waals surface area contributed by atoms with Gasteiger partial charge in [-0.05, 0) is 266 Å². The highest BCUT2D eigenvalue weighted by molar-refractivity contribution is 5.79. The van der Waals surface area contributed by atoms with Crippen LogP contribution in [-0.2, 0) is 59.0 Å². The van der Waals surface area contributed by atoms with Gasteiger partial charge < -0.3 is 82.6 Å². The Balaban J connectivity index is 0.000000253. The maximum Gasteiger partial charge on any atom is 0.155 e. The highest BCUT2D eigenvalue weighted by atomic mass is 16.5. The summed E-state index contributed by atoms with van der Waals surface area (Å²) < 4.78 is 20.8. The van der Waals surface area contributed by atoms with Crippen LogP contribution in [-0.4, -0.2) is 619 Å². The van der Waals surface area contributed by atoms with E-state index in [0.717, 1.165) is 225 Å². The number of carbonyl (C=O) groups is 8. The first-order valence-corrected chi connectivity index (χ1v) is 57.6. The number of likely N-dealkylation sites (tertiary alicyclic amines) is 4. The number of aryl methyl sites for hydroxylation is 1. The van der Waals surface area contributed by atoms with E-state index in [0.29, 0.717) is 94.1 Å². The van der Waals surface area contributed by atoms with E-state index in [9.17, 15) is 43.5 Å². The number of aliphatic hydroxyl groups is 1. The van der Waals surface area contributed by atoms with Crippen molar-refractivity contribution in [3.63, 3.8) is 0 Å². The lowest BCUT2D eigenvalue weighted by molar-refractivity contribution is -0.122. The van der Waals surface area contributed by atoms with Gasteiger partial charge in [0.05, 0.1) is 58.2 Å². The van der Waals surface area contributed by atoms with Gasteiger partial charge in [0, 0.05) is 298 Å². The molecule has 13 fully saturated rings. The fraction of sp³-hybridized carbons (Fsp3) is 0.902. The molecule has 13 saturated heterocycles. The molecular formula is C112H216N22O13. The van der Waals surface area contributed by atoms with Crippen molar-refractivity contribution in [2.75, 3.05) is 429 Å². The number of likely N-dealkylation sites (N-methyl/N-ethyl adjacent to an activating group) is 5. The van der Waals surface area contributed by atoms with Crippen molar-refractivity contribution in [3.8, 4) is 0 Å². The van der Waals surface area contributed by atoms with Gasteiger partial charge in [-0.2, -0.15) is 0 Å². The molecule has 6 unspecified atom stereocenters. The number of rotatable bonds is 44. The van der Waals surface area contributed by atoms with E-state index in [2.05, 4.69) is 185 Å². The van der Waals surface area contributed by atoms with Crippen LogP contribution < -0.4 is 0 Å². The Morgan fingerprint density at radius 3 is 1.12 bits per heavy atom. The minimum atomic E-state index is 0.0973. The third-order valence-electron chi connectivity index (χ3n) is 31.5. The lowest BCUT2D eigenvalue weighted by atomic mass is 9.96. The van der Waals surface area contributed by atoms with Crippen molar-refractivity contribution < 1.29 is 62.2 Å². The number of aliphatic hydroxyl groups excluding tert-OH is 1. The molecule has 0 radical (unpaired) electrons. The lowest BCUT2D eigenvalue weighted by Crippen LogP contribution is -2.55. The number of hydrogen-bond acceptors (Lipinski definition) is 35. The number of unbranched alkanes of at least 4 members (excludes halogenated alkanes) is 3. The summed E-state index contributed by atoms with van der Waals surface area (Å²) in [6.45, 7) is 82.3. The predicted molar refractivity (Wildman–Crippen MR) is 595 cm³/mol. The number of ether oxygens (including phenoxy) is 3. The molecule has 147 heavy (non-hydrogen) atoms. The number of piperazine rings is 9. The third kappa shape index (κ3) is 59.9. The summed E-state index contributed by atoms with van der Waals surface area (Å²) in [4.78, 5) is 138. The van der Waals surface area contributed by atoms with Gasteiger partial charge in [-0.15, -0.1) is 0 Å². The first-order chi connectivity index (χ1) is 70.4. The second-order valence-electron chi connectivity index (χ2n) is 45.8. The highest BCUT2D eigenvalue weighted by Gasteiger charge is 2.40. The lowest BCUT2D eigenvalue weighted by Gasteiger charge is -2.42. The summed E-state index contributed by atoms with van der Waals surface area (Å²) in [5.74, 6) is 5.26. The molecule has 14 heterocycles. The van der Waals surface area contributed by atoms with Gasteiger partial charge in [0.15, 0.2) is 17.3 Å². The number of aromatic nitrogens is 1. The summed E-state index contributed by atoms with van der Waals surface area (Å²) in [6.07, 6.45) is 18.9. The molecule has 35 nitrogen and oxygen atoms in total. The topological polar surface area (TPSA) is 279 Å². The van der Waals surface area contributed by atoms with Crippen molar-refractivity contribution in [2.45, 2.75) is 217 Å². The molecule has 852 valence electrons. The number of ketones is 8. The Morgan fingerprint density at radius 1 is 0.333 bits per heavy atom. The largest absolute Gasteiger partial charge is 0.395 e. The molecule has 6 atom stereocenters. The molecule has 13 aliphatic rings. The second-order valence-corrected chi connectivity index (χ2v) is 45.8. The maximum absolute atomic E-state index is 11.3. The van der Waals surface area contributed by atoms with Crippen molar-refractivity contribution >= 4 is 46.3 Å². The van der Waals surface area contributed by atoms with Crippen LogP contribution in [0, 0.1) is 24.7 Å². The predicted octanol–water partition coefficient (Wildman–Crippen LogP) is 5.33. The van der Waals surface area contributed by atoms with Crippen LogP contribution in [0.15, 0.2) is 10.6 Å². The van der Waals surface area contributed by atoms with Gasteiger partial charge in [-0.25, -0.2) is 0 Å². The van der Waals surface area contributed by atoms with E-state index in [1.54, 1.807) is 55.4 Å². The monoisotopic (exact) mass is 2080 g/mol. The summed E-state index contributed by atoms with van der Waals surface area (Å²) in [7, 11) is 15.3. The van der Waals surface area contributed by atoms with Crippen LogP contribution in [0.2, 0.25) is 0 Å². The van der Waals surface area contributed by atoms with Crippen molar-refractivity contribution in [1.29, 1.82) is 0 Å². The van der Waals surface area contributed by atoms with E-state index in [1.807, 2.05) is 13.0 Å². The number of piperidine rings is 2. The Morgan fingerprint density at radius 2 is 0.694 bits per heavy atom. The zero-order chi connectivity index (χ0) is 107. The van der Waals surface area contributed by atoms with E-state index in [4.69, 9.17) is 18.7 Å². The van der Waals surface area contributed by atoms with Crippen LogP contribution in [0.4, 0.5) is 0 Å². The third-order valence-corrected chi connectivity index (χ3v) is 31.5. The molecule has 14 rings (SSSR count). The molecule has 0 amide bonds. The van der Waals surface area contributed by atoms with Crippen LogP contribution >= 0.6 is 0 Å². The Labute approximate surface area is 893 Å². The van der Waals surface area contributed by atoms with E-state index in [-0.39, 0.29) is 61.4 Å². The molecule has 35 heteroatoms. The van der Waals surface area contributed by atoms with Crippen LogP contribution in [0.25, 0.3) is 0 Å². The molecule has 0 aromatic carbocycles. The van der Waals surface area contributed by atoms with Gasteiger partial charge in [-0.3, -0.25) is 82.5 Å². The van der Waals surface area contributed by atoms with Gasteiger partial charge in [-0.1, -0.05) is 38.3 Å². The Bertz CT molecular complexity index is 3570. The first kappa shape index (κ1) is 131. The molecule has 2 bridgehead atoms. The smallest absolute Gasteiger partial charge is 0.155 e. The summed E-state index contributed by atoms with van der Waals surface area (Å²) >= 11 is 0. The van der Waals surface area contributed by atoms with Crippen molar-refractivity contribution in [2.24, 2.45) is 17.8 Å². The standard InChI is InChI=1S/3C14H27N3O.C14H26N2O.2C12H24N2O2.C11H19N3O.C11H22N2O2.C10H20N2O2/c1-13(18)11-16-5-3-14(4-6-16)12-17-9-7-15(2)8-10-17;1-13(18)11-17-9-7-16(8-10-17)6-4-14-3-5-15(2)12-14;1-13(18)11-16-7-9-17(10-8-16)12-14-3-5-15(2)6-4-14;1-3-4-5-8-15-10-13-6-7-14(11-15)16(13)9-12(2)17;1-10-7-14(8-11(2)13(10)4)5-6-16-9-12(3)15;1-3-4-5-14-7-6-13(8-11(2)16)9-12(14)10-15;1-10-9-11(12-15-10)3-4-14-7-5-13(2)6-8-14;1-11(14)10-15-9-3-4-13-7-5-12(2)6-8-13;1-10(13)9-14-8-7-12-5-3-11(2)4-6-12/h3*14H,3-12H2,1-2H3;13-14H,3-11H2,1-2H3;10-11H,5-9H2,1-4H3;12,15H,3-10H2,1-2H3;9H,3-8H2,1-2H3;3-10H2,1-2H3;3-9H2,1-2H3. The van der Waals surface area contributed by atoms with Crippen LogP contribution in [0.3, 0.4) is 0 Å². The van der Waals surface area contributed by atoms with E-state index >= 15 is 0 Å². The summed E-state index contributed by atoms with van der Waals surface area (Å²) in [5, 5.41) is 13.4. The number of Topliss-reactive ketones (excluding diaryl/α,β-unsaturated/α-hetero) is 8. The maximum atomic E-state index is 11.3. The fourth-order valence-electron chi connectivity index (χ4n) is 22.0. The average Bonchev–Trinajstić information content (AvgIpc) is 1.66. The van der Waals surface area contributed by atoms with E-state index in [1.165, 1.54) is 201 Å². The first-order valence-electron chi connectivity index (χ1n) is 57.6. The zero-order valence-electron chi connectivity index (χ0n) is 97.0. The molecule has 1 aromatic heterocycles. The van der Waals surface area contributed by atoms with Gasteiger partial charge in [0.25, 0.3) is 0 Å². The minimum absolute atomic E-state index is 0.0973. The molecule has 0 spiro atoms. The number of fused-ring (bicyclic) bond motifs is 2. The molecule has 0 aliphatic carbocycles. The molecular weight excluding hydrogens is 1860 g/mol. The minimum Gasteiger partial charge on any atom is -0.395 e. The van der Waals surface area contributed by atoms with Crippen molar-refractivity contribution in [3.05, 3.63) is 17.5 Å². The zero-order valence-corrected chi connectivity index (χ0v) is 97.0. The molecule has 0 saturated carbocycles. The summed E-state index contributed by atoms with van der Waals surface area (Å²) in [6, 6.07) is 4.72. The highest BCUT2D eigenvalue weighted by Crippen LogP contribution is 2.31. The van der Waals surface area contributed by atoms with Crippen molar-refractivity contribution in [1.82, 2.24) is 108 Å². The van der Waals surface area contributed by atoms with Gasteiger partial charge in [0.2, 0.25) is 0 Å². The number of carbonyl (C=O) groups excluding carboxylic acids is 8. The van der Waals surface area contributed by atoms with E-state index < -0.39 is 0 Å². The SMILES string of the molecule is CC(=O)CN1CCC(CN2CCN(C)CC2)CC1.CC(=O)CN1CCN(CC2CCN(C)CC2)CC1.CC(=O)CN1CCN(CCC2CCN(C)C2)CC1.CC(=O)COCCCN1CCN(C)CC1.CC(=O)COCCN1CC(C)N(C)C(C)C1.CC(=O)COCCN1CCN(C)CC1.CCCCCN1CC2CCC(C1)N2CC(C)=O.CCCCN1CCN(CC(C)=O)CC1CO.Cc1cc(CCN2CCN(C)CC2)no1. The fourth-order valence-corrected chi connectivity index (χ4v) is 22.0. The van der Waals surface area contributed by atoms with Gasteiger partial charge >= 0.3 is 0 Å². The number of nitrogens with zero attached hydrogens (tertiary/aromatic N) is 22. The summed E-state index contributed by atoms with van der Waals surface area (Å²) in [5.41, 5.74) is 1.08. The second kappa shape index (κ2) is 76.2.